The molecule has 6 nitrogen and oxygen atoms in total. The molecular formula is C20H15N5OS2. The summed E-state index contributed by atoms with van der Waals surface area (Å²) in [6.07, 6.45) is 5.22. The Morgan fingerprint density at radius 2 is 2.00 bits per heavy atom. The summed E-state index contributed by atoms with van der Waals surface area (Å²) in [7, 11) is 0. The monoisotopic (exact) mass is 405 g/mol. The van der Waals surface area contributed by atoms with Crippen molar-refractivity contribution in [3.63, 3.8) is 0 Å². The molecule has 5 aromatic rings. The summed E-state index contributed by atoms with van der Waals surface area (Å²) in [6.45, 7) is 0.562. The predicted octanol–water partition coefficient (Wildman–Crippen LogP) is 4.88. The van der Waals surface area contributed by atoms with Crippen molar-refractivity contribution in [2.75, 3.05) is 0 Å². The van der Waals surface area contributed by atoms with Crippen molar-refractivity contribution in [2.45, 2.75) is 17.5 Å². The van der Waals surface area contributed by atoms with E-state index in [0.717, 1.165) is 38.6 Å². The number of nitrogens with zero attached hydrogens (tertiary/aromatic N) is 5. The Morgan fingerprint density at radius 3 is 2.82 bits per heavy atom. The number of rotatable bonds is 6. The van der Waals surface area contributed by atoms with Crippen molar-refractivity contribution >= 4 is 33.3 Å². The molecule has 0 fully saturated rings. The van der Waals surface area contributed by atoms with E-state index in [-0.39, 0.29) is 0 Å². The van der Waals surface area contributed by atoms with Crippen LogP contribution in [0, 0.1) is 0 Å². The highest BCUT2D eigenvalue weighted by atomic mass is 32.2. The van der Waals surface area contributed by atoms with Gasteiger partial charge in [0.1, 0.15) is 10.8 Å². The summed E-state index contributed by atoms with van der Waals surface area (Å²) >= 11 is 3.34. The van der Waals surface area contributed by atoms with E-state index >= 15 is 0 Å². The maximum Gasteiger partial charge on any atom is 0.192 e. The van der Waals surface area contributed by atoms with E-state index in [1.54, 1.807) is 41.8 Å². The molecule has 0 unspecified atom stereocenters. The van der Waals surface area contributed by atoms with Gasteiger partial charge in [-0.1, -0.05) is 23.9 Å². The Kier molecular flexibility index (Phi) is 4.64. The summed E-state index contributed by atoms with van der Waals surface area (Å²) < 4.78 is 8.81. The third kappa shape index (κ3) is 3.44. The molecule has 5 rings (SSSR count). The van der Waals surface area contributed by atoms with E-state index < -0.39 is 0 Å². The Labute approximate surface area is 169 Å². The summed E-state index contributed by atoms with van der Waals surface area (Å²) in [4.78, 5) is 8.92. The standard InChI is InChI=1S/C20H15N5OS2/c1-2-8-17-16(7-1)22-18(28-17)13-27-20-24-23-19(14-5-3-9-21-11-14)25(20)12-15-6-4-10-26-15/h1-11H,12-13H2. The molecule has 0 radical (unpaired) electrons. The van der Waals surface area contributed by atoms with Crippen LogP contribution in [-0.4, -0.2) is 24.7 Å². The number of para-hydroxylation sites is 1. The fourth-order valence-corrected chi connectivity index (χ4v) is 4.81. The van der Waals surface area contributed by atoms with Crippen LogP contribution in [0.25, 0.3) is 21.6 Å². The molecule has 0 aliphatic carbocycles. The molecule has 4 heterocycles. The van der Waals surface area contributed by atoms with Crippen molar-refractivity contribution in [2.24, 2.45) is 0 Å². The molecule has 4 aromatic heterocycles. The first kappa shape index (κ1) is 17.2. The molecule has 0 saturated carbocycles. The van der Waals surface area contributed by atoms with Crippen LogP contribution in [0.15, 0.2) is 76.8 Å². The average Bonchev–Trinajstić information content (AvgIpc) is 3.47. The smallest absolute Gasteiger partial charge is 0.192 e. The summed E-state index contributed by atoms with van der Waals surface area (Å²) in [5.74, 6) is 2.37. The first-order valence-corrected chi connectivity index (χ1v) is 10.5. The third-order valence-corrected chi connectivity index (χ3v) is 6.39. The summed E-state index contributed by atoms with van der Waals surface area (Å²) in [6, 6.07) is 15.9. The summed E-state index contributed by atoms with van der Waals surface area (Å²) in [5, 5.41) is 10.7. The molecule has 0 atom stereocenters. The lowest BCUT2D eigenvalue weighted by molar-refractivity contribution is 0.485. The molecule has 8 heteroatoms. The fraction of sp³-hybridized carbons (Fsp3) is 0.100. The number of pyridine rings is 1. The molecule has 0 N–H and O–H groups in total. The molecule has 0 aliphatic heterocycles. The highest BCUT2D eigenvalue weighted by Gasteiger charge is 2.17. The lowest BCUT2D eigenvalue weighted by Gasteiger charge is -2.08. The van der Waals surface area contributed by atoms with Crippen molar-refractivity contribution in [1.82, 2.24) is 24.7 Å². The minimum Gasteiger partial charge on any atom is -0.467 e. The zero-order valence-electron chi connectivity index (χ0n) is 14.7. The molecule has 0 spiro atoms. The third-order valence-electron chi connectivity index (χ3n) is 4.19. The molecule has 0 bridgehead atoms. The van der Waals surface area contributed by atoms with Gasteiger partial charge >= 0.3 is 0 Å². The maximum absolute atomic E-state index is 5.54. The lowest BCUT2D eigenvalue weighted by atomic mass is 10.2. The van der Waals surface area contributed by atoms with Gasteiger partial charge in [0.25, 0.3) is 0 Å². The van der Waals surface area contributed by atoms with Crippen LogP contribution in [0.1, 0.15) is 10.8 Å². The van der Waals surface area contributed by atoms with E-state index in [2.05, 4.69) is 25.8 Å². The van der Waals surface area contributed by atoms with Crippen LogP contribution >= 0.6 is 23.1 Å². The Bertz CT molecular complexity index is 1170. The van der Waals surface area contributed by atoms with Gasteiger partial charge in [-0.05, 0) is 36.4 Å². The van der Waals surface area contributed by atoms with Crippen molar-refractivity contribution < 1.29 is 4.42 Å². The van der Waals surface area contributed by atoms with Crippen LogP contribution in [-0.2, 0) is 12.3 Å². The van der Waals surface area contributed by atoms with Crippen molar-refractivity contribution in [3.8, 4) is 11.4 Å². The Morgan fingerprint density at radius 1 is 1.04 bits per heavy atom. The number of hydrogen-bond donors (Lipinski definition) is 0. The molecule has 0 saturated heterocycles. The zero-order valence-corrected chi connectivity index (χ0v) is 16.4. The number of furan rings is 1. The van der Waals surface area contributed by atoms with Gasteiger partial charge < -0.3 is 4.42 Å². The number of benzene rings is 1. The van der Waals surface area contributed by atoms with Gasteiger partial charge in [-0.3, -0.25) is 9.55 Å². The van der Waals surface area contributed by atoms with Crippen molar-refractivity contribution in [1.29, 1.82) is 0 Å². The molecule has 1 aromatic carbocycles. The molecule has 28 heavy (non-hydrogen) atoms. The van der Waals surface area contributed by atoms with Gasteiger partial charge in [-0.2, -0.15) is 0 Å². The number of fused-ring (bicyclic) bond motifs is 1. The minimum absolute atomic E-state index is 0.562. The number of hydrogen-bond acceptors (Lipinski definition) is 7. The van der Waals surface area contributed by atoms with Crippen LogP contribution in [0.5, 0.6) is 0 Å². The second-order valence-electron chi connectivity index (χ2n) is 6.08. The first-order valence-electron chi connectivity index (χ1n) is 8.70. The molecule has 0 amide bonds. The largest absolute Gasteiger partial charge is 0.467 e. The van der Waals surface area contributed by atoms with Crippen molar-refractivity contribution in [3.05, 3.63) is 78.0 Å². The average molecular weight is 406 g/mol. The number of aromatic nitrogens is 5. The van der Waals surface area contributed by atoms with E-state index in [4.69, 9.17) is 9.40 Å². The normalized spacial score (nSPS) is 11.3. The van der Waals surface area contributed by atoms with Gasteiger partial charge in [-0.15, -0.1) is 21.5 Å². The molecule has 138 valence electrons. The van der Waals surface area contributed by atoms with Crippen LogP contribution < -0.4 is 0 Å². The SMILES string of the molecule is c1cncc(-c2nnc(SCc3nc4ccccc4s3)n2Cc2ccco2)c1. The Balaban J connectivity index is 1.45. The highest BCUT2D eigenvalue weighted by Crippen LogP contribution is 2.30. The van der Waals surface area contributed by atoms with Gasteiger partial charge in [0.2, 0.25) is 0 Å². The van der Waals surface area contributed by atoms with Gasteiger partial charge in [-0.25, -0.2) is 4.98 Å². The zero-order chi connectivity index (χ0) is 18.8. The van der Waals surface area contributed by atoms with Gasteiger partial charge in [0.05, 0.1) is 28.8 Å². The second kappa shape index (κ2) is 7.57. The van der Waals surface area contributed by atoms with Crippen LogP contribution in [0.3, 0.4) is 0 Å². The molecule has 0 aliphatic rings. The quantitative estimate of drug-likeness (QED) is 0.375. The Hall–Kier alpha value is -2.97. The lowest BCUT2D eigenvalue weighted by Crippen LogP contribution is -2.03. The van der Waals surface area contributed by atoms with E-state index in [0.29, 0.717) is 6.54 Å². The predicted molar refractivity (Wildman–Crippen MR) is 110 cm³/mol. The maximum atomic E-state index is 5.54. The van der Waals surface area contributed by atoms with E-state index in [1.165, 1.54) is 4.70 Å². The van der Waals surface area contributed by atoms with E-state index in [9.17, 15) is 0 Å². The number of thiazole rings is 1. The summed E-state index contributed by atoms with van der Waals surface area (Å²) in [5.41, 5.74) is 1.96. The first-order chi connectivity index (χ1) is 13.9. The second-order valence-corrected chi connectivity index (χ2v) is 8.14. The highest BCUT2D eigenvalue weighted by molar-refractivity contribution is 7.98. The van der Waals surface area contributed by atoms with Crippen LogP contribution in [0.2, 0.25) is 0 Å². The van der Waals surface area contributed by atoms with Gasteiger partial charge in [0, 0.05) is 18.0 Å². The number of thioether (sulfide) groups is 1. The van der Waals surface area contributed by atoms with Gasteiger partial charge in [0.15, 0.2) is 11.0 Å². The fourth-order valence-electron chi connectivity index (χ4n) is 2.91. The molecular weight excluding hydrogens is 390 g/mol. The minimum atomic E-state index is 0.562. The topological polar surface area (TPSA) is 69.6 Å². The van der Waals surface area contributed by atoms with E-state index in [1.807, 2.05) is 42.5 Å². The van der Waals surface area contributed by atoms with Crippen LogP contribution in [0.4, 0.5) is 0 Å².